The molecule has 1 amide bonds. The van der Waals surface area contributed by atoms with E-state index in [2.05, 4.69) is 5.32 Å². The van der Waals surface area contributed by atoms with Crippen LogP contribution in [0.1, 0.15) is 9.67 Å². The SMILES string of the molecule is COc1ccc2c(Cl)c(C(=O)Nc3ccc(F)cc3)sc2c1. The lowest BCUT2D eigenvalue weighted by Gasteiger charge is -2.03. The summed E-state index contributed by atoms with van der Waals surface area (Å²) < 4.78 is 18.9. The first-order chi connectivity index (χ1) is 10.6. The third kappa shape index (κ3) is 2.77. The number of amides is 1. The number of carbonyl (C=O) groups excluding carboxylic acids is 1. The molecule has 0 fully saturated rings. The molecule has 1 N–H and O–H groups in total. The molecule has 3 aromatic rings. The Bertz CT molecular complexity index is 845. The fourth-order valence-corrected chi connectivity index (χ4v) is 3.48. The van der Waals surface area contributed by atoms with Crippen LogP contribution in [0.5, 0.6) is 5.75 Å². The number of hydrogen-bond donors (Lipinski definition) is 1. The van der Waals surface area contributed by atoms with Crippen molar-refractivity contribution in [3.8, 4) is 5.75 Å². The van der Waals surface area contributed by atoms with E-state index >= 15 is 0 Å². The third-order valence-electron chi connectivity index (χ3n) is 3.14. The molecule has 112 valence electrons. The van der Waals surface area contributed by atoms with Gasteiger partial charge in [0, 0.05) is 15.8 Å². The largest absolute Gasteiger partial charge is 0.497 e. The van der Waals surface area contributed by atoms with E-state index in [1.54, 1.807) is 13.2 Å². The Morgan fingerprint density at radius 2 is 1.95 bits per heavy atom. The number of rotatable bonds is 3. The number of halogens is 2. The highest BCUT2D eigenvalue weighted by molar-refractivity contribution is 7.21. The van der Waals surface area contributed by atoms with Crippen molar-refractivity contribution in [2.75, 3.05) is 12.4 Å². The van der Waals surface area contributed by atoms with Gasteiger partial charge in [0.15, 0.2) is 0 Å². The number of carbonyl (C=O) groups is 1. The van der Waals surface area contributed by atoms with Gasteiger partial charge in [-0.1, -0.05) is 11.6 Å². The van der Waals surface area contributed by atoms with E-state index in [-0.39, 0.29) is 11.7 Å². The highest BCUT2D eigenvalue weighted by Gasteiger charge is 2.17. The molecule has 6 heteroatoms. The number of benzene rings is 2. The van der Waals surface area contributed by atoms with Gasteiger partial charge in [-0.2, -0.15) is 0 Å². The second-order valence-electron chi connectivity index (χ2n) is 4.57. The van der Waals surface area contributed by atoms with Crippen molar-refractivity contribution in [2.45, 2.75) is 0 Å². The van der Waals surface area contributed by atoms with Crippen LogP contribution in [0.2, 0.25) is 5.02 Å². The van der Waals surface area contributed by atoms with E-state index in [1.165, 1.54) is 35.6 Å². The van der Waals surface area contributed by atoms with Crippen LogP contribution in [0, 0.1) is 5.82 Å². The minimum absolute atomic E-state index is 0.322. The lowest BCUT2D eigenvalue weighted by atomic mass is 10.2. The molecule has 22 heavy (non-hydrogen) atoms. The Labute approximate surface area is 135 Å². The fraction of sp³-hybridized carbons (Fsp3) is 0.0625. The van der Waals surface area contributed by atoms with Gasteiger partial charge in [0.2, 0.25) is 0 Å². The first-order valence-corrected chi connectivity index (χ1v) is 7.61. The summed E-state index contributed by atoms with van der Waals surface area (Å²) in [6.45, 7) is 0. The molecule has 3 nitrogen and oxygen atoms in total. The summed E-state index contributed by atoms with van der Waals surface area (Å²) in [5.74, 6) is 0.0256. The van der Waals surface area contributed by atoms with E-state index in [4.69, 9.17) is 16.3 Å². The smallest absolute Gasteiger partial charge is 0.267 e. The number of ether oxygens (including phenoxy) is 1. The molecule has 0 aliphatic carbocycles. The van der Waals surface area contributed by atoms with E-state index in [0.29, 0.717) is 21.3 Å². The van der Waals surface area contributed by atoms with Crippen LogP contribution in [0.15, 0.2) is 42.5 Å². The maximum atomic E-state index is 12.9. The Hall–Kier alpha value is -2.11. The summed E-state index contributed by atoms with van der Waals surface area (Å²) in [7, 11) is 1.58. The maximum Gasteiger partial charge on any atom is 0.267 e. The number of nitrogens with one attached hydrogen (secondary N) is 1. The predicted octanol–water partition coefficient (Wildman–Crippen LogP) is 4.95. The Balaban J connectivity index is 1.93. The van der Waals surface area contributed by atoms with Crippen molar-refractivity contribution in [1.29, 1.82) is 0 Å². The van der Waals surface area contributed by atoms with E-state index in [0.717, 1.165) is 10.1 Å². The van der Waals surface area contributed by atoms with Crippen molar-refractivity contribution in [2.24, 2.45) is 0 Å². The molecule has 0 radical (unpaired) electrons. The number of methoxy groups -OCH3 is 1. The Kier molecular flexibility index (Phi) is 4.00. The van der Waals surface area contributed by atoms with Gasteiger partial charge in [0.25, 0.3) is 5.91 Å². The number of hydrogen-bond acceptors (Lipinski definition) is 3. The average molecular weight is 336 g/mol. The molecule has 0 unspecified atom stereocenters. The van der Waals surface area contributed by atoms with Crippen LogP contribution in [0.3, 0.4) is 0 Å². The van der Waals surface area contributed by atoms with Crippen LogP contribution in [0.25, 0.3) is 10.1 Å². The zero-order valence-corrected chi connectivity index (χ0v) is 13.1. The van der Waals surface area contributed by atoms with Crippen molar-refractivity contribution in [3.05, 3.63) is 58.2 Å². The topological polar surface area (TPSA) is 38.3 Å². The van der Waals surface area contributed by atoms with Gasteiger partial charge >= 0.3 is 0 Å². The van der Waals surface area contributed by atoms with Crippen LogP contribution in [0.4, 0.5) is 10.1 Å². The summed E-state index contributed by atoms with van der Waals surface area (Å²) in [5.41, 5.74) is 0.512. The van der Waals surface area contributed by atoms with E-state index in [1.807, 2.05) is 12.1 Å². The zero-order chi connectivity index (χ0) is 15.7. The average Bonchev–Trinajstić information content (AvgIpc) is 2.86. The van der Waals surface area contributed by atoms with Gasteiger partial charge in [-0.05, 0) is 42.5 Å². The molecule has 0 bridgehead atoms. The molecule has 3 rings (SSSR count). The lowest BCUT2D eigenvalue weighted by molar-refractivity contribution is 0.103. The highest BCUT2D eigenvalue weighted by atomic mass is 35.5. The number of anilines is 1. The summed E-state index contributed by atoms with van der Waals surface area (Å²) >= 11 is 7.57. The molecule has 2 aromatic carbocycles. The van der Waals surface area contributed by atoms with Crippen LogP contribution < -0.4 is 10.1 Å². The molecular formula is C16H11ClFNO2S. The van der Waals surface area contributed by atoms with Crippen LogP contribution in [-0.4, -0.2) is 13.0 Å². The molecule has 0 aliphatic rings. The molecule has 1 aromatic heterocycles. The minimum Gasteiger partial charge on any atom is -0.497 e. The zero-order valence-electron chi connectivity index (χ0n) is 11.5. The molecule has 0 saturated carbocycles. The van der Waals surface area contributed by atoms with Gasteiger partial charge in [0.1, 0.15) is 16.4 Å². The van der Waals surface area contributed by atoms with Crippen molar-refractivity contribution in [1.82, 2.24) is 0 Å². The van der Waals surface area contributed by atoms with E-state index in [9.17, 15) is 9.18 Å². The normalized spacial score (nSPS) is 10.7. The Morgan fingerprint density at radius 1 is 1.23 bits per heavy atom. The minimum atomic E-state index is -0.356. The molecule has 1 heterocycles. The Morgan fingerprint density at radius 3 is 2.64 bits per heavy atom. The standard InChI is InChI=1S/C16H11ClFNO2S/c1-21-11-6-7-12-13(8-11)22-15(14(12)17)16(20)19-10-4-2-9(18)3-5-10/h2-8H,1H3,(H,19,20). The summed E-state index contributed by atoms with van der Waals surface area (Å²) in [4.78, 5) is 12.7. The van der Waals surface area contributed by atoms with Crippen molar-refractivity contribution in [3.63, 3.8) is 0 Å². The molecule has 0 atom stereocenters. The van der Waals surface area contributed by atoms with E-state index < -0.39 is 0 Å². The lowest BCUT2D eigenvalue weighted by Crippen LogP contribution is -2.10. The molecule has 0 aliphatic heterocycles. The van der Waals surface area contributed by atoms with Gasteiger partial charge in [0.05, 0.1) is 12.1 Å². The number of fused-ring (bicyclic) bond motifs is 1. The third-order valence-corrected chi connectivity index (χ3v) is 4.80. The van der Waals surface area contributed by atoms with Gasteiger partial charge in [-0.3, -0.25) is 4.79 Å². The van der Waals surface area contributed by atoms with Crippen LogP contribution >= 0.6 is 22.9 Å². The molecule has 0 spiro atoms. The summed E-state index contributed by atoms with van der Waals surface area (Å²) in [5, 5.41) is 3.91. The number of thiophene rings is 1. The first-order valence-electron chi connectivity index (χ1n) is 6.41. The molecular weight excluding hydrogens is 325 g/mol. The summed E-state index contributed by atoms with van der Waals surface area (Å²) in [6.07, 6.45) is 0. The molecule has 0 saturated heterocycles. The van der Waals surface area contributed by atoms with Gasteiger partial charge < -0.3 is 10.1 Å². The van der Waals surface area contributed by atoms with Crippen molar-refractivity contribution < 1.29 is 13.9 Å². The van der Waals surface area contributed by atoms with Gasteiger partial charge in [-0.25, -0.2) is 4.39 Å². The fourth-order valence-electron chi connectivity index (χ4n) is 2.04. The summed E-state index contributed by atoms with van der Waals surface area (Å²) in [6, 6.07) is 11.0. The quantitative estimate of drug-likeness (QED) is 0.735. The van der Waals surface area contributed by atoms with Crippen LogP contribution in [-0.2, 0) is 0 Å². The first kappa shape index (κ1) is 14.8. The monoisotopic (exact) mass is 335 g/mol. The van der Waals surface area contributed by atoms with Gasteiger partial charge in [-0.15, -0.1) is 11.3 Å². The predicted molar refractivity (Wildman–Crippen MR) is 87.7 cm³/mol. The second kappa shape index (κ2) is 5.94. The second-order valence-corrected chi connectivity index (χ2v) is 6.00. The van der Waals surface area contributed by atoms with Crippen molar-refractivity contribution >= 4 is 44.6 Å². The highest BCUT2D eigenvalue weighted by Crippen LogP contribution is 2.37. The maximum absolute atomic E-state index is 12.9.